The Balaban J connectivity index is 0.00000520. The molecule has 1 aliphatic carbocycles. The van der Waals surface area contributed by atoms with E-state index >= 15 is 0 Å². The lowest BCUT2D eigenvalue weighted by Gasteiger charge is -2.21. The molecule has 1 fully saturated rings. The van der Waals surface area contributed by atoms with Crippen LogP contribution in [0.5, 0.6) is 23.0 Å². The van der Waals surface area contributed by atoms with Crippen LogP contribution in [0, 0.1) is 5.92 Å². The third-order valence-electron chi connectivity index (χ3n) is 6.93. The highest BCUT2D eigenvalue weighted by molar-refractivity contribution is 7.86. The van der Waals surface area contributed by atoms with Crippen LogP contribution < -0.4 is 23.4 Å². The fourth-order valence-corrected chi connectivity index (χ4v) is 5.42. The number of nitrogens with zero attached hydrogens (tertiary/aromatic N) is 1. The Hall–Kier alpha value is -4.24. The van der Waals surface area contributed by atoms with Crippen LogP contribution in [0.25, 0.3) is 0 Å². The minimum atomic E-state index is -4.02. The molecule has 48 heavy (non-hydrogen) atoms. The van der Waals surface area contributed by atoms with Crippen LogP contribution in [-0.2, 0) is 27.9 Å². The molecule has 1 aliphatic rings. The van der Waals surface area contributed by atoms with Gasteiger partial charge in [-0.15, -0.1) is 0 Å². The molecule has 2 heterocycles. The zero-order chi connectivity index (χ0) is 33.6. The largest absolute Gasteiger partial charge is 0.870 e. The summed E-state index contributed by atoms with van der Waals surface area (Å²) < 4.78 is 77.8. The van der Waals surface area contributed by atoms with Crippen LogP contribution in [0.2, 0.25) is 10.0 Å². The van der Waals surface area contributed by atoms with Crippen LogP contribution >= 0.6 is 23.2 Å². The van der Waals surface area contributed by atoms with Gasteiger partial charge in [-0.25, -0.2) is 9.78 Å². The lowest BCUT2D eigenvalue weighted by Crippen LogP contribution is -2.16. The SMILES string of the molecule is CS(=O)(=O)Oc1cc(C(=O)O[C@@H](Cc2c(Cl)c[nH+]cc2Cl)c2ccc(OC(F)F)c(OCC3CC3)c2)ccc1OCc1ccncc1.[OH-]. The van der Waals surface area contributed by atoms with E-state index in [4.69, 9.17) is 41.6 Å². The molecule has 2 aromatic carbocycles. The van der Waals surface area contributed by atoms with Gasteiger partial charge < -0.3 is 28.6 Å². The number of carbonyl (C=O) groups is 1. The first-order valence-corrected chi connectivity index (χ1v) is 16.8. The Morgan fingerprint density at radius 3 is 2.29 bits per heavy atom. The molecule has 4 aromatic rings. The van der Waals surface area contributed by atoms with Gasteiger partial charge >= 0.3 is 22.7 Å². The number of carbonyl (C=O) groups excluding carboxylic acids is 1. The number of H-pyrrole nitrogens is 1. The summed E-state index contributed by atoms with van der Waals surface area (Å²) in [4.78, 5) is 20.4. The number of halogens is 4. The zero-order valence-corrected chi connectivity index (χ0v) is 27.6. The van der Waals surface area contributed by atoms with Gasteiger partial charge in [-0.2, -0.15) is 17.2 Å². The molecule has 16 heteroatoms. The molecule has 5 rings (SSSR count). The first-order chi connectivity index (χ1) is 22.4. The van der Waals surface area contributed by atoms with E-state index in [-0.39, 0.29) is 57.1 Å². The maximum atomic E-state index is 13.6. The smallest absolute Gasteiger partial charge is 0.387 e. The summed E-state index contributed by atoms with van der Waals surface area (Å²) in [7, 11) is -4.02. The number of rotatable bonds is 15. The Morgan fingerprint density at radius 1 is 0.958 bits per heavy atom. The number of aromatic nitrogens is 2. The van der Waals surface area contributed by atoms with Gasteiger partial charge in [0.25, 0.3) is 0 Å². The highest BCUT2D eigenvalue weighted by Gasteiger charge is 2.27. The maximum absolute atomic E-state index is 13.6. The molecule has 0 saturated heterocycles. The molecular formula is C32H30Cl2F2N2O9S. The van der Waals surface area contributed by atoms with Gasteiger partial charge in [-0.3, -0.25) is 4.98 Å². The second-order valence-corrected chi connectivity index (χ2v) is 13.0. The number of pyridine rings is 2. The van der Waals surface area contributed by atoms with Crippen molar-refractivity contribution in [3.8, 4) is 23.0 Å². The number of benzene rings is 2. The molecule has 0 amide bonds. The van der Waals surface area contributed by atoms with Gasteiger partial charge in [-0.05, 0) is 66.3 Å². The van der Waals surface area contributed by atoms with Crippen molar-refractivity contribution in [3.63, 3.8) is 0 Å². The molecule has 0 bridgehead atoms. The van der Waals surface area contributed by atoms with E-state index in [9.17, 15) is 22.0 Å². The van der Waals surface area contributed by atoms with Gasteiger partial charge in [0, 0.05) is 30.4 Å². The second kappa shape index (κ2) is 16.2. The van der Waals surface area contributed by atoms with Gasteiger partial charge in [0.2, 0.25) is 0 Å². The lowest BCUT2D eigenvalue weighted by molar-refractivity contribution is -0.377. The van der Waals surface area contributed by atoms with Crippen LogP contribution in [0.1, 0.15) is 46.0 Å². The van der Waals surface area contributed by atoms with Crippen molar-refractivity contribution in [2.24, 2.45) is 5.92 Å². The van der Waals surface area contributed by atoms with Gasteiger partial charge in [0.1, 0.15) is 22.8 Å². The van der Waals surface area contributed by atoms with E-state index in [0.717, 1.165) is 24.7 Å². The van der Waals surface area contributed by atoms with E-state index in [1.54, 1.807) is 24.5 Å². The van der Waals surface area contributed by atoms with Gasteiger partial charge in [0.15, 0.2) is 35.4 Å². The Morgan fingerprint density at radius 2 is 1.65 bits per heavy atom. The summed E-state index contributed by atoms with van der Waals surface area (Å²) in [5.74, 6) is -0.853. The summed E-state index contributed by atoms with van der Waals surface area (Å²) in [5, 5.41) is 0.530. The van der Waals surface area contributed by atoms with Crippen LogP contribution in [0.15, 0.2) is 73.3 Å². The number of hydrogen-bond acceptors (Lipinski definition) is 10. The Kier molecular flexibility index (Phi) is 12.4. The minimum absolute atomic E-state index is 0. The fraction of sp³-hybridized carbons (Fsp3) is 0.281. The summed E-state index contributed by atoms with van der Waals surface area (Å²) >= 11 is 12.8. The molecular weight excluding hydrogens is 697 g/mol. The molecule has 2 aromatic heterocycles. The minimum Gasteiger partial charge on any atom is -0.870 e. The number of hydrogen-bond donors (Lipinski definition) is 0. The van der Waals surface area contributed by atoms with E-state index in [1.807, 2.05) is 0 Å². The average molecular weight is 728 g/mol. The van der Waals surface area contributed by atoms with E-state index in [1.165, 1.54) is 48.8 Å². The molecule has 1 atom stereocenters. The fourth-order valence-electron chi connectivity index (χ4n) is 4.43. The molecule has 1 saturated carbocycles. The van der Waals surface area contributed by atoms with Gasteiger partial charge in [0.05, 0.1) is 18.4 Å². The number of nitrogens with one attached hydrogen (secondary N) is 1. The summed E-state index contributed by atoms with van der Waals surface area (Å²) in [6.07, 6.45) is 7.87. The van der Waals surface area contributed by atoms with Crippen LogP contribution in [0.3, 0.4) is 0 Å². The third kappa shape index (κ3) is 10.4. The predicted molar refractivity (Wildman–Crippen MR) is 169 cm³/mol. The molecule has 0 unspecified atom stereocenters. The van der Waals surface area contributed by atoms with Crippen LogP contribution in [-0.4, -0.2) is 44.3 Å². The van der Waals surface area contributed by atoms with Crippen molar-refractivity contribution < 1.29 is 55.6 Å². The van der Waals surface area contributed by atoms with Crippen molar-refractivity contribution in [2.45, 2.75) is 38.6 Å². The Labute approximate surface area is 285 Å². The number of alkyl halides is 2. The standard InChI is InChI=1S/C32H28Cl2F2N2O8S.H2O/c1-47(40,41)46-30-13-22(5-6-26(30)42-18-20-8-10-37-11-9-20)31(39)44-28(14-23-24(33)15-38-16-25(23)34)21-4-7-27(45-32(35)36)29(12-21)43-17-19-2-3-19;/h4-13,15-16,19,28,32H,2-3,14,17-18H2,1H3;1H2/t28-;/m0./s1. The van der Waals surface area contributed by atoms with Crippen molar-refractivity contribution in [3.05, 3.63) is 106 Å². The number of ether oxygens (including phenoxy) is 4. The zero-order valence-electron chi connectivity index (χ0n) is 25.3. The highest BCUT2D eigenvalue weighted by atomic mass is 35.5. The van der Waals surface area contributed by atoms with Crippen molar-refractivity contribution >= 4 is 39.3 Å². The molecule has 0 spiro atoms. The average Bonchev–Trinajstić information content (AvgIpc) is 3.85. The normalized spacial score (nSPS) is 13.3. The second-order valence-electron chi connectivity index (χ2n) is 10.7. The molecule has 11 nitrogen and oxygen atoms in total. The predicted octanol–water partition coefficient (Wildman–Crippen LogP) is 6.47. The first-order valence-electron chi connectivity index (χ1n) is 14.3. The molecule has 2 N–H and O–H groups in total. The summed E-state index contributed by atoms with van der Waals surface area (Å²) in [5.41, 5.74) is 1.51. The van der Waals surface area contributed by atoms with Crippen molar-refractivity contribution in [1.82, 2.24) is 4.98 Å². The van der Waals surface area contributed by atoms with E-state index in [0.29, 0.717) is 23.7 Å². The van der Waals surface area contributed by atoms with E-state index in [2.05, 4.69) is 14.7 Å². The molecule has 256 valence electrons. The quantitative estimate of drug-likeness (QED) is 0.0983. The first kappa shape index (κ1) is 36.6. The number of aromatic amines is 1. The highest BCUT2D eigenvalue weighted by Crippen LogP contribution is 2.38. The molecule has 0 radical (unpaired) electrons. The van der Waals surface area contributed by atoms with Crippen molar-refractivity contribution in [2.75, 3.05) is 12.9 Å². The van der Waals surface area contributed by atoms with E-state index < -0.39 is 28.8 Å². The third-order valence-corrected chi connectivity index (χ3v) is 8.08. The van der Waals surface area contributed by atoms with Crippen molar-refractivity contribution in [1.29, 1.82) is 0 Å². The maximum Gasteiger partial charge on any atom is 0.387 e. The molecule has 0 aliphatic heterocycles. The van der Waals surface area contributed by atoms with Crippen LogP contribution in [0.4, 0.5) is 8.78 Å². The Bertz CT molecular complexity index is 1810. The lowest BCUT2D eigenvalue weighted by atomic mass is 10.0. The summed E-state index contributed by atoms with van der Waals surface area (Å²) in [6, 6.07) is 11.6. The summed E-state index contributed by atoms with van der Waals surface area (Å²) in [6.45, 7) is -2.71. The monoisotopic (exact) mass is 726 g/mol. The van der Waals surface area contributed by atoms with Gasteiger partial charge in [-0.1, -0.05) is 29.3 Å². The number of esters is 1. The topological polar surface area (TPSA) is 154 Å².